The van der Waals surface area contributed by atoms with Crippen molar-refractivity contribution in [1.82, 2.24) is 4.90 Å². The summed E-state index contributed by atoms with van der Waals surface area (Å²) in [6.07, 6.45) is 1.82. The second kappa shape index (κ2) is 6.16. The Morgan fingerprint density at radius 2 is 2.05 bits per heavy atom. The van der Waals surface area contributed by atoms with E-state index in [9.17, 15) is 13.2 Å². The lowest BCUT2D eigenvalue weighted by atomic mass is 10.1. The van der Waals surface area contributed by atoms with E-state index in [4.69, 9.17) is 5.73 Å². The highest BCUT2D eigenvalue weighted by Gasteiger charge is 2.18. The molecule has 1 aromatic rings. The first-order valence-electron chi connectivity index (χ1n) is 6.04. The lowest BCUT2D eigenvalue weighted by molar-refractivity contribution is 0.0739. The predicted molar refractivity (Wildman–Crippen MR) is 74.8 cm³/mol. The van der Waals surface area contributed by atoms with Crippen molar-refractivity contribution in [3.8, 4) is 0 Å². The molecule has 1 amide bonds. The van der Waals surface area contributed by atoms with Crippen molar-refractivity contribution < 1.29 is 13.2 Å². The van der Waals surface area contributed by atoms with Gasteiger partial charge in [0.1, 0.15) is 0 Å². The van der Waals surface area contributed by atoms with Crippen molar-refractivity contribution in [2.45, 2.75) is 24.3 Å². The molecule has 2 N–H and O–H groups in total. The number of sulfone groups is 1. The van der Waals surface area contributed by atoms with Crippen molar-refractivity contribution >= 4 is 15.7 Å². The summed E-state index contributed by atoms with van der Waals surface area (Å²) in [4.78, 5) is 14.0. The molecule has 1 aromatic carbocycles. The molecule has 19 heavy (non-hydrogen) atoms. The zero-order chi connectivity index (χ0) is 14.6. The first kappa shape index (κ1) is 15.7. The number of hydrogen-bond donors (Lipinski definition) is 1. The molecule has 0 heterocycles. The maximum absolute atomic E-state index is 12.2. The molecule has 1 rings (SSSR count). The van der Waals surface area contributed by atoms with Crippen LogP contribution in [0.2, 0.25) is 0 Å². The largest absolute Gasteiger partial charge is 0.339 e. The topological polar surface area (TPSA) is 80.5 Å². The average Bonchev–Trinajstić information content (AvgIpc) is 2.36. The Balaban J connectivity index is 3.01. The number of nitrogens with zero attached hydrogens (tertiary/aromatic N) is 1. The molecule has 0 spiro atoms. The number of amides is 1. The van der Waals surface area contributed by atoms with Gasteiger partial charge in [0.2, 0.25) is 0 Å². The smallest absolute Gasteiger partial charge is 0.253 e. The van der Waals surface area contributed by atoms with Crippen LogP contribution < -0.4 is 5.73 Å². The molecule has 0 saturated heterocycles. The molecule has 0 aliphatic heterocycles. The number of hydrogen-bond acceptors (Lipinski definition) is 4. The third-order valence-corrected chi connectivity index (χ3v) is 4.19. The predicted octanol–water partition coefficient (Wildman–Crippen LogP) is 0.899. The zero-order valence-electron chi connectivity index (χ0n) is 11.5. The van der Waals surface area contributed by atoms with Gasteiger partial charge in [0.15, 0.2) is 9.84 Å². The van der Waals surface area contributed by atoms with E-state index in [0.717, 1.165) is 6.26 Å². The summed E-state index contributed by atoms with van der Waals surface area (Å²) in [6.45, 7) is 2.41. The van der Waals surface area contributed by atoms with Crippen LogP contribution in [0.1, 0.15) is 23.7 Å². The summed E-state index contributed by atoms with van der Waals surface area (Å²) in [5.74, 6) is -0.202. The maximum Gasteiger partial charge on any atom is 0.253 e. The number of rotatable bonds is 5. The molecule has 0 bridgehead atoms. The molecule has 106 valence electrons. The molecule has 0 aliphatic carbocycles. The van der Waals surface area contributed by atoms with Crippen LogP contribution in [0.5, 0.6) is 0 Å². The molecule has 1 unspecified atom stereocenters. The summed E-state index contributed by atoms with van der Waals surface area (Å²) in [7, 11) is -1.62. The highest BCUT2D eigenvalue weighted by molar-refractivity contribution is 7.90. The SMILES string of the molecule is CC(CCN)N(C)C(=O)c1cccc(S(C)(=O)=O)c1. The standard InChI is InChI=1S/C13H20N2O3S/c1-10(7-8-14)15(2)13(16)11-5-4-6-12(9-11)19(3,17)18/h4-6,9-10H,7-8,14H2,1-3H3. The lowest BCUT2D eigenvalue weighted by Gasteiger charge is -2.24. The van der Waals surface area contributed by atoms with Gasteiger partial charge in [-0.2, -0.15) is 0 Å². The van der Waals surface area contributed by atoms with Crippen LogP contribution in [0.4, 0.5) is 0 Å². The summed E-state index contributed by atoms with van der Waals surface area (Å²) in [6, 6.07) is 6.09. The van der Waals surface area contributed by atoms with E-state index in [1.54, 1.807) is 24.1 Å². The van der Waals surface area contributed by atoms with Crippen LogP contribution in [-0.2, 0) is 9.84 Å². The highest BCUT2D eigenvalue weighted by Crippen LogP contribution is 2.14. The van der Waals surface area contributed by atoms with E-state index < -0.39 is 9.84 Å². The van der Waals surface area contributed by atoms with E-state index in [-0.39, 0.29) is 16.8 Å². The first-order chi connectivity index (χ1) is 8.77. The Labute approximate surface area is 114 Å². The second-order valence-electron chi connectivity index (χ2n) is 4.64. The molecule has 0 saturated carbocycles. The van der Waals surface area contributed by atoms with Crippen molar-refractivity contribution in [2.75, 3.05) is 19.8 Å². The minimum atomic E-state index is -3.31. The normalized spacial score (nSPS) is 13.1. The van der Waals surface area contributed by atoms with Crippen LogP contribution in [0.15, 0.2) is 29.2 Å². The van der Waals surface area contributed by atoms with Gasteiger partial charge in [0.05, 0.1) is 4.90 Å². The third kappa shape index (κ3) is 4.04. The Kier molecular flexibility index (Phi) is 5.08. The Hall–Kier alpha value is -1.40. The van der Waals surface area contributed by atoms with Crippen molar-refractivity contribution in [3.63, 3.8) is 0 Å². The Morgan fingerprint density at radius 1 is 1.42 bits per heavy atom. The molecular weight excluding hydrogens is 264 g/mol. The molecule has 0 aromatic heterocycles. The minimum absolute atomic E-state index is 0.0133. The van der Waals surface area contributed by atoms with Crippen LogP contribution in [0, 0.1) is 0 Å². The van der Waals surface area contributed by atoms with Gasteiger partial charge in [0, 0.05) is 24.9 Å². The molecular formula is C13H20N2O3S. The molecule has 6 heteroatoms. The fraction of sp³-hybridized carbons (Fsp3) is 0.462. The van der Waals surface area contributed by atoms with Crippen molar-refractivity contribution in [2.24, 2.45) is 5.73 Å². The summed E-state index contributed by atoms with van der Waals surface area (Å²) >= 11 is 0. The second-order valence-corrected chi connectivity index (χ2v) is 6.66. The molecule has 5 nitrogen and oxygen atoms in total. The van der Waals surface area contributed by atoms with Crippen molar-refractivity contribution in [1.29, 1.82) is 0 Å². The van der Waals surface area contributed by atoms with Gasteiger partial charge in [-0.05, 0) is 38.1 Å². The average molecular weight is 284 g/mol. The summed E-state index contributed by atoms with van der Waals surface area (Å²) in [5.41, 5.74) is 5.84. The summed E-state index contributed by atoms with van der Waals surface area (Å²) < 4.78 is 22.9. The van der Waals surface area contributed by atoms with E-state index in [0.29, 0.717) is 18.5 Å². The van der Waals surface area contributed by atoms with Gasteiger partial charge in [-0.25, -0.2) is 8.42 Å². The van der Waals surface area contributed by atoms with Crippen LogP contribution in [-0.4, -0.2) is 45.1 Å². The van der Waals surface area contributed by atoms with E-state index in [1.165, 1.54) is 12.1 Å². The minimum Gasteiger partial charge on any atom is -0.339 e. The molecule has 0 radical (unpaired) electrons. The fourth-order valence-electron chi connectivity index (χ4n) is 1.70. The molecule has 1 atom stereocenters. The monoisotopic (exact) mass is 284 g/mol. The van der Waals surface area contributed by atoms with E-state index in [1.807, 2.05) is 6.92 Å². The molecule has 0 aliphatic rings. The van der Waals surface area contributed by atoms with E-state index >= 15 is 0 Å². The third-order valence-electron chi connectivity index (χ3n) is 3.08. The maximum atomic E-state index is 12.2. The number of carbonyl (C=O) groups excluding carboxylic acids is 1. The quantitative estimate of drug-likeness (QED) is 0.871. The first-order valence-corrected chi connectivity index (χ1v) is 7.94. The van der Waals surface area contributed by atoms with Gasteiger partial charge in [-0.3, -0.25) is 4.79 Å². The summed E-state index contributed by atoms with van der Waals surface area (Å²) in [5, 5.41) is 0. The fourth-order valence-corrected chi connectivity index (χ4v) is 2.37. The number of carbonyl (C=O) groups is 1. The Morgan fingerprint density at radius 3 is 2.58 bits per heavy atom. The van der Waals surface area contributed by atoms with Gasteiger partial charge in [0.25, 0.3) is 5.91 Å². The van der Waals surface area contributed by atoms with E-state index in [2.05, 4.69) is 0 Å². The van der Waals surface area contributed by atoms with Gasteiger partial charge >= 0.3 is 0 Å². The van der Waals surface area contributed by atoms with Gasteiger partial charge < -0.3 is 10.6 Å². The lowest BCUT2D eigenvalue weighted by Crippen LogP contribution is -2.36. The zero-order valence-corrected chi connectivity index (χ0v) is 12.3. The Bertz CT molecular complexity index is 555. The van der Waals surface area contributed by atoms with Gasteiger partial charge in [-0.1, -0.05) is 6.07 Å². The highest BCUT2D eigenvalue weighted by atomic mass is 32.2. The van der Waals surface area contributed by atoms with Crippen molar-refractivity contribution in [3.05, 3.63) is 29.8 Å². The molecule has 0 fully saturated rings. The van der Waals surface area contributed by atoms with Gasteiger partial charge in [-0.15, -0.1) is 0 Å². The van der Waals surface area contributed by atoms with Crippen LogP contribution >= 0.6 is 0 Å². The number of benzene rings is 1. The number of nitrogens with two attached hydrogens (primary N) is 1. The van der Waals surface area contributed by atoms with Crippen LogP contribution in [0.25, 0.3) is 0 Å². The van der Waals surface area contributed by atoms with Crippen LogP contribution in [0.3, 0.4) is 0 Å².